The fraction of sp³-hybridized carbons (Fsp3) is 0.182. The summed E-state index contributed by atoms with van der Waals surface area (Å²) in [5.74, 6) is 0. The van der Waals surface area contributed by atoms with E-state index in [2.05, 4.69) is 89.3 Å². The quantitative estimate of drug-likeness (QED) is 0.383. The van der Waals surface area contributed by atoms with Gasteiger partial charge in [0.15, 0.2) is 5.65 Å². The summed E-state index contributed by atoms with van der Waals surface area (Å²) in [5.41, 5.74) is 6.87. The molecule has 3 heterocycles. The molecule has 0 radical (unpaired) electrons. The van der Waals surface area contributed by atoms with Crippen LogP contribution in [0.5, 0.6) is 0 Å². The minimum atomic E-state index is 0. The lowest BCUT2D eigenvalue weighted by Crippen LogP contribution is -3.00. The zero-order valence-electron chi connectivity index (χ0n) is 16.1. The average Bonchev–Trinajstić information content (AvgIpc) is 3.31. The molecular weight excluding hydrogens is 432 g/mol. The summed E-state index contributed by atoms with van der Waals surface area (Å²) in [6, 6.07) is 16.9. The van der Waals surface area contributed by atoms with E-state index >= 15 is 0 Å². The Hall–Kier alpha value is -2.44. The van der Waals surface area contributed by atoms with Crippen molar-refractivity contribution < 1.29 is 21.5 Å². The summed E-state index contributed by atoms with van der Waals surface area (Å²) in [4.78, 5) is 4.88. The van der Waals surface area contributed by atoms with Gasteiger partial charge in [0, 0.05) is 30.4 Å². The highest BCUT2D eigenvalue weighted by atomic mass is 79.9. The molecule has 0 bridgehead atoms. The van der Waals surface area contributed by atoms with Gasteiger partial charge in [0.25, 0.3) is 5.01 Å². The fourth-order valence-corrected chi connectivity index (χ4v) is 4.96. The third-order valence-corrected chi connectivity index (χ3v) is 6.43. The standard InChI is InChI=1S/C22H21N4S.BrH/c1-4-25-19-11-7-8-12-20(19)27-21(25)14-13-16-15(2)24(3)26-18-10-6-5-9-17(18)23-22(16)26;/h5-14H,4H2,1-3H3;1H/q+1;/p-1. The summed E-state index contributed by atoms with van der Waals surface area (Å²) in [7, 11) is 2.10. The third-order valence-electron chi connectivity index (χ3n) is 5.30. The lowest BCUT2D eigenvalue weighted by molar-refractivity contribution is -0.665. The van der Waals surface area contributed by atoms with Crippen LogP contribution in [-0.4, -0.2) is 14.2 Å². The number of para-hydroxylation sites is 3. The highest BCUT2D eigenvalue weighted by Gasteiger charge is 2.18. The molecule has 0 N–H and O–H groups in total. The molecule has 0 unspecified atom stereocenters. The molecule has 0 aliphatic rings. The maximum Gasteiger partial charge on any atom is 0.262 e. The summed E-state index contributed by atoms with van der Waals surface area (Å²) < 4.78 is 8.07. The normalized spacial score (nSPS) is 11.8. The zero-order valence-corrected chi connectivity index (χ0v) is 18.5. The molecule has 0 fully saturated rings. The zero-order chi connectivity index (χ0) is 18.5. The molecule has 0 saturated carbocycles. The predicted octanol–water partition coefficient (Wildman–Crippen LogP) is 1.83. The number of hydrogen-bond donors (Lipinski definition) is 0. The van der Waals surface area contributed by atoms with Crippen LogP contribution in [0.3, 0.4) is 0 Å². The van der Waals surface area contributed by atoms with Gasteiger partial charge < -0.3 is 17.0 Å². The molecule has 4 nitrogen and oxygen atoms in total. The van der Waals surface area contributed by atoms with Gasteiger partial charge in [-0.1, -0.05) is 35.6 Å². The van der Waals surface area contributed by atoms with Crippen molar-refractivity contribution in [3.8, 4) is 0 Å². The lowest BCUT2D eigenvalue weighted by atomic mass is 10.2. The Labute approximate surface area is 178 Å². The third kappa shape index (κ3) is 2.71. The molecule has 5 rings (SSSR count). The van der Waals surface area contributed by atoms with Crippen LogP contribution in [0.4, 0.5) is 0 Å². The number of halogens is 1. The Morgan fingerprint density at radius 1 is 1.07 bits per heavy atom. The molecule has 0 aliphatic carbocycles. The maximum absolute atomic E-state index is 4.88. The van der Waals surface area contributed by atoms with E-state index in [0.29, 0.717) is 0 Å². The topological polar surface area (TPSA) is 26.1 Å². The smallest absolute Gasteiger partial charge is 0.262 e. The number of imidazole rings is 1. The van der Waals surface area contributed by atoms with Crippen LogP contribution in [0.15, 0.2) is 48.5 Å². The monoisotopic (exact) mass is 452 g/mol. The Morgan fingerprint density at radius 2 is 1.82 bits per heavy atom. The Balaban J connectivity index is 0.00000192. The van der Waals surface area contributed by atoms with Gasteiger partial charge in [-0.25, -0.2) is 9.50 Å². The van der Waals surface area contributed by atoms with E-state index in [-0.39, 0.29) is 17.0 Å². The molecule has 3 aromatic heterocycles. The van der Waals surface area contributed by atoms with Crippen LogP contribution in [0.2, 0.25) is 0 Å². The van der Waals surface area contributed by atoms with Crippen LogP contribution < -0.4 is 21.5 Å². The van der Waals surface area contributed by atoms with Crippen molar-refractivity contribution in [2.75, 3.05) is 0 Å². The van der Waals surface area contributed by atoms with Crippen molar-refractivity contribution in [2.45, 2.75) is 20.4 Å². The van der Waals surface area contributed by atoms with Crippen LogP contribution in [0.25, 0.3) is 39.0 Å². The molecule has 0 atom stereocenters. The van der Waals surface area contributed by atoms with Crippen molar-refractivity contribution in [3.05, 3.63) is 64.8 Å². The molecule has 28 heavy (non-hydrogen) atoms. The minimum absolute atomic E-state index is 0. The molecule has 5 aromatic rings. The number of fused-ring (bicyclic) bond motifs is 4. The molecule has 142 valence electrons. The molecule has 2 aromatic carbocycles. The number of nitrogens with zero attached hydrogens (tertiary/aromatic N) is 4. The highest BCUT2D eigenvalue weighted by molar-refractivity contribution is 7.18. The van der Waals surface area contributed by atoms with Gasteiger partial charge in [0.05, 0.1) is 11.0 Å². The second kappa shape index (κ2) is 7.18. The summed E-state index contributed by atoms with van der Waals surface area (Å²) >= 11 is 1.83. The van der Waals surface area contributed by atoms with E-state index in [1.165, 1.54) is 26.5 Å². The van der Waals surface area contributed by atoms with Gasteiger partial charge in [-0.2, -0.15) is 4.57 Å². The first kappa shape index (κ1) is 18.9. The molecule has 0 spiro atoms. The van der Waals surface area contributed by atoms with Crippen LogP contribution in [-0.2, 0) is 13.6 Å². The van der Waals surface area contributed by atoms with Gasteiger partial charge in [-0.05, 0) is 38.1 Å². The summed E-state index contributed by atoms with van der Waals surface area (Å²) in [6.07, 6.45) is 4.45. The van der Waals surface area contributed by atoms with E-state index < -0.39 is 0 Å². The van der Waals surface area contributed by atoms with Crippen molar-refractivity contribution in [2.24, 2.45) is 7.05 Å². The molecule has 0 aliphatic heterocycles. The van der Waals surface area contributed by atoms with E-state index in [0.717, 1.165) is 23.2 Å². The first-order valence-corrected chi connectivity index (χ1v) is 10.0. The lowest BCUT2D eigenvalue weighted by Gasteiger charge is -2.00. The number of rotatable bonds is 3. The van der Waals surface area contributed by atoms with Crippen molar-refractivity contribution in [1.82, 2.24) is 14.2 Å². The van der Waals surface area contributed by atoms with Crippen molar-refractivity contribution in [1.29, 1.82) is 0 Å². The van der Waals surface area contributed by atoms with Crippen LogP contribution in [0.1, 0.15) is 23.2 Å². The van der Waals surface area contributed by atoms with E-state index in [1.807, 2.05) is 17.4 Å². The summed E-state index contributed by atoms with van der Waals surface area (Å²) in [5, 5.41) is 1.26. The largest absolute Gasteiger partial charge is 1.00 e. The van der Waals surface area contributed by atoms with E-state index in [4.69, 9.17) is 4.98 Å². The van der Waals surface area contributed by atoms with E-state index in [1.54, 1.807) is 0 Å². The second-order valence-corrected chi connectivity index (χ2v) is 7.81. The highest BCUT2D eigenvalue weighted by Crippen LogP contribution is 2.26. The number of aromatic nitrogens is 4. The van der Waals surface area contributed by atoms with Gasteiger partial charge >= 0.3 is 0 Å². The van der Waals surface area contributed by atoms with Crippen LogP contribution >= 0.6 is 11.3 Å². The average molecular weight is 453 g/mol. The summed E-state index contributed by atoms with van der Waals surface area (Å²) in [6.45, 7) is 5.31. The second-order valence-electron chi connectivity index (χ2n) is 6.74. The van der Waals surface area contributed by atoms with Gasteiger partial charge in [-0.15, -0.1) is 0 Å². The van der Waals surface area contributed by atoms with Gasteiger partial charge in [-0.3, -0.25) is 4.68 Å². The van der Waals surface area contributed by atoms with Gasteiger partial charge in [0.2, 0.25) is 5.52 Å². The first-order valence-electron chi connectivity index (χ1n) is 9.21. The molecule has 0 saturated heterocycles. The first-order chi connectivity index (χ1) is 13.2. The van der Waals surface area contributed by atoms with E-state index in [9.17, 15) is 0 Å². The maximum atomic E-state index is 4.88. The van der Waals surface area contributed by atoms with Gasteiger partial charge in [0.1, 0.15) is 11.2 Å². The number of thiazole rings is 1. The Bertz CT molecular complexity index is 1340. The molecule has 0 amide bonds. The van der Waals surface area contributed by atoms with Crippen molar-refractivity contribution >= 4 is 50.4 Å². The molecule has 6 heteroatoms. The van der Waals surface area contributed by atoms with Crippen LogP contribution in [0, 0.1) is 6.92 Å². The van der Waals surface area contributed by atoms with Crippen molar-refractivity contribution in [3.63, 3.8) is 0 Å². The SMILES string of the molecule is CC[n+]1c(C=Cc2c(C)n(C)n3c2nc2ccccc23)sc2ccccc21.[Br-]. The number of hydrogen-bond acceptors (Lipinski definition) is 2. The molecular formula is C22H21BrN4S. The fourth-order valence-electron chi connectivity index (χ4n) is 3.83. The Kier molecular flexibility index (Phi) is 4.85. The predicted molar refractivity (Wildman–Crippen MR) is 113 cm³/mol. The number of aryl methyl sites for hydroxylation is 2. The minimum Gasteiger partial charge on any atom is -1.00 e. The Morgan fingerprint density at radius 3 is 2.64 bits per heavy atom. The number of benzene rings is 2.